The first-order chi connectivity index (χ1) is 12.3. The van der Waals surface area contributed by atoms with Crippen molar-refractivity contribution in [3.05, 3.63) is 59.9 Å². The fourth-order valence-electron chi connectivity index (χ4n) is 2.54. The van der Waals surface area contributed by atoms with E-state index < -0.39 is 19.0 Å². The first kappa shape index (κ1) is 20.6. The quantitative estimate of drug-likeness (QED) is 0.684. The maximum absolute atomic E-state index is 14.2. The minimum atomic E-state index is -3.72. The topological polar surface area (TPSA) is 49.8 Å². The van der Waals surface area contributed by atoms with Crippen LogP contribution in [-0.4, -0.2) is 25.8 Å². The average molecular weight is 379 g/mol. The van der Waals surface area contributed by atoms with E-state index in [1.165, 1.54) is 18.2 Å². The van der Waals surface area contributed by atoms with Gasteiger partial charge in [-0.05, 0) is 42.7 Å². The molecule has 0 aromatic heterocycles. The number of anilines is 1. The number of nitrogens with zero attached hydrogens (tertiary/aromatic N) is 1. The van der Waals surface area contributed by atoms with Crippen LogP contribution in [0.25, 0.3) is 0 Å². The Kier molecular flexibility index (Phi) is 6.99. The lowest BCUT2D eigenvalue weighted by molar-refractivity contribution is 0.205. The molecule has 0 spiro atoms. The highest BCUT2D eigenvalue weighted by molar-refractivity contribution is 7.67. The van der Waals surface area contributed by atoms with Crippen molar-refractivity contribution in [3.8, 4) is 0 Å². The summed E-state index contributed by atoms with van der Waals surface area (Å²) < 4.78 is 33.6. The molecule has 4 nitrogen and oxygen atoms in total. The van der Waals surface area contributed by atoms with Gasteiger partial charge in [0.05, 0.1) is 6.61 Å². The van der Waals surface area contributed by atoms with Crippen LogP contribution in [0.4, 0.5) is 10.1 Å². The molecule has 1 N–H and O–H groups in total. The van der Waals surface area contributed by atoms with Crippen LogP contribution in [0.3, 0.4) is 0 Å². The molecule has 0 fully saturated rings. The van der Waals surface area contributed by atoms with E-state index in [1.807, 2.05) is 45.0 Å². The number of benzene rings is 2. The van der Waals surface area contributed by atoms with Crippen LogP contribution in [-0.2, 0) is 9.09 Å². The molecule has 0 amide bonds. The van der Waals surface area contributed by atoms with Crippen LogP contribution in [0, 0.1) is 11.7 Å². The Morgan fingerprint density at radius 2 is 1.73 bits per heavy atom. The monoisotopic (exact) mass is 379 g/mol. The van der Waals surface area contributed by atoms with Crippen molar-refractivity contribution in [2.24, 2.45) is 5.92 Å². The molecular weight excluding hydrogens is 352 g/mol. The summed E-state index contributed by atoms with van der Waals surface area (Å²) in [6.07, 6.45) is 0.698. The van der Waals surface area contributed by atoms with E-state index in [0.717, 1.165) is 5.69 Å². The van der Waals surface area contributed by atoms with Gasteiger partial charge >= 0.3 is 0 Å². The lowest BCUT2D eigenvalue weighted by atomic mass is 10.2. The van der Waals surface area contributed by atoms with Gasteiger partial charge in [-0.25, -0.2) is 4.39 Å². The number of halogens is 1. The van der Waals surface area contributed by atoms with Crippen LogP contribution >= 0.6 is 7.37 Å². The molecule has 0 aliphatic carbocycles. The number of hydrogen-bond acceptors (Lipinski definition) is 4. The van der Waals surface area contributed by atoms with E-state index >= 15 is 0 Å². The smallest absolute Gasteiger partial charge is 0.264 e. The van der Waals surface area contributed by atoms with Crippen LogP contribution in [0.5, 0.6) is 0 Å². The Bertz CT molecular complexity index is 762. The van der Waals surface area contributed by atoms with Crippen molar-refractivity contribution in [1.29, 1.82) is 0 Å². The summed E-state index contributed by atoms with van der Waals surface area (Å²) >= 11 is 0. The highest BCUT2D eigenvalue weighted by Gasteiger charge is 2.37. The first-order valence-corrected chi connectivity index (χ1v) is 10.4. The fraction of sp³-hybridized carbons (Fsp3) is 0.400. The molecule has 26 heavy (non-hydrogen) atoms. The van der Waals surface area contributed by atoms with Crippen molar-refractivity contribution in [1.82, 2.24) is 0 Å². The van der Waals surface area contributed by atoms with Crippen molar-refractivity contribution in [3.63, 3.8) is 0 Å². The molecule has 2 atom stereocenters. The molecular formula is C20H27FNO3P. The van der Waals surface area contributed by atoms with Gasteiger partial charge in [-0.1, -0.05) is 32.0 Å². The van der Waals surface area contributed by atoms with Crippen molar-refractivity contribution in [2.75, 3.05) is 25.6 Å². The molecule has 2 aromatic carbocycles. The highest BCUT2D eigenvalue weighted by atomic mass is 31.2. The standard InChI is InChI=1S/C20H27FNO3P/c1-15(2)13-14-25-26(24,17-11-9-16(10-12-17)22(3)4)20(23)18-7-5-6-8-19(18)21/h5-12,15,20,23H,13-14H2,1-4H3/t20-,26+/m1/s1. The zero-order valence-corrected chi connectivity index (χ0v) is 16.6. The van der Waals surface area contributed by atoms with Gasteiger partial charge in [0, 0.05) is 30.7 Å². The summed E-state index contributed by atoms with van der Waals surface area (Å²) in [5.41, 5.74) is 0.917. The van der Waals surface area contributed by atoms with Gasteiger partial charge < -0.3 is 14.5 Å². The predicted molar refractivity (Wildman–Crippen MR) is 105 cm³/mol. The van der Waals surface area contributed by atoms with E-state index in [4.69, 9.17) is 4.52 Å². The minimum absolute atomic E-state index is 0.0166. The lowest BCUT2D eigenvalue weighted by Gasteiger charge is -2.25. The molecule has 0 saturated heterocycles. The van der Waals surface area contributed by atoms with E-state index in [0.29, 0.717) is 17.6 Å². The van der Waals surface area contributed by atoms with E-state index in [1.54, 1.807) is 18.2 Å². The zero-order valence-electron chi connectivity index (χ0n) is 15.7. The Morgan fingerprint density at radius 3 is 2.27 bits per heavy atom. The van der Waals surface area contributed by atoms with Gasteiger partial charge in [-0.15, -0.1) is 0 Å². The summed E-state index contributed by atoms with van der Waals surface area (Å²) in [6.45, 7) is 4.30. The van der Waals surface area contributed by atoms with Gasteiger partial charge in [0.25, 0.3) is 7.37 Å². The lowest BCUT2D eigenvalue weighted by Crippen LogP contribution is -2.17. The predicted octanol–water partition coefficient (Wildman–Crippen LogP) is 4.55. The number of aliphatic hydroxyl groups excluding tert-OH is 1. The van der Waals surface area contributed by atoms with Gasteiger partial charge in [0.15, 0.2) is 5.85 Å². The molecule has 0 saturated carbocycles. The molecule has 0 radical (unpaired) electrons. The maximum atomic E-state index is 14.2. The second kappa shape index (κ2) is 8.81. The minimum Gasteiger partial charge on any atom is -0.378 e. The molecule has 0 aliphatic heterocycles. The summed E-state index contributed by atoms with van der Waals surface area (Å²) in [5.74, 6) is -1.79. The van der Waals surface area contributed by atoms with Gasteiger partial charge in [0.1, 0.15) is 5.82 Å². The Hall–Kier alpha value is -1.68. The van der Waals surface area contributed by atoms with E-state index in [9.17, 15) is 14.1 Å². The Balaban J connectivity index is 2.41. The Morgan fingerprint density at radius 1 is 1.12 bits per heavy atom. The molecule has 0 bridgehead atoms. The molecule has 0 unspecified atom stereocenters. The zero-order chi connectivity index (χ0) is 19.3. The largest absolute Gasteiger partial charge is 0.378 e. The maximum Gasteiger partial charge on any atom is 0.264 e. The normalized spacial score (nSPS) is 14.9. The first-order valence-electron chi connectivity index (χ1n) is 8.70. The fourth-order valence-corrected chi connectivity index (χ4v) is 4.63. The van der Waals surface area contributed by atoms with Crippen LogP contribution in [0.15, 0.2) is 48.5 Å². The van der Waals surface area contributed by atoms with Crippen molar-refractivity contribution >= 4 is 18.4 Å². The van der Waals surface area contributed by atoms with Gasteiger partial charge in [0.2, 0.25) is 0 Å². The molecule has 142 valence electrons. The van der Waals surface area contributed by atoms with Gasteiger partial charge in [-0.3, -0.25) is 4.57 Å². The third kappa shape index (κ3) is 4.73. The molecule has 0 aliphatic rings. The molecule has 2 rings (SSSR count). The van der Waals surface area contributed by atoms with Crippen molar-refractivity contribution < 1.29 is 18.6 Å². The van der Waals surface area contributed by atoms with Crippen LogP contribution < -0.4 is 10.2 Å². The third-order valence-corrected chi connectivity index (χ3v) is 6.72. The highest BCUT2D eigenvalue weighted by Crippen LogP contribution is 2.58. The number of hydrogen-bond donors (Lipinski definition) is 1. The van der Waals surface area contributed by atoms with Gasteiger partial charge in [-0.2, -0.15) is 0 Å². The number of rotatable bonds is 8. The number of aliphatic hydroxyl groups is 1. The summed E-state index contributed by atoms with van der Waals surface area (Å²) in [4.78, 5) is 1.92. The molecule has 2 aromatic rings. The second-order valence-corrected chi connectivity index (χ2v) is 9.38. The Labute approximate surface area is 155 Å². The SMILES string of the molecule is CC(C)CCO[P@@](=O)(c1ccc(N(C)C)cc1)[C@@H](O)c1ccccc1F. The summed E-state index contributed by atoms with van der Waals surface area (Å²) in [5, 5.41) is 11.2. The average Bonchev–Trinajstić information content (AvgIpc) is 2.61. The second-order valence-electron chi connectivity index (χ2n) is 6.92. The van der Waals surface area contributed by atoms with Crippen LogP contribution in [0.2, 0.25) is 0 Å². The summed E-state index contributed by atoms with van der Waals surface area (Å²) in [6, 6.07) is 12.8. The van der Waals surface area contributed by atoms with Crippen LogP contribution in [0.1, 0.15) is 31.7 Å². The summed E-state index contributed by atoms with van der Waals surface area (Å²) in [7, 11) is 0.0885. The van der Waals surface area contributed by atoms with E-state index in [-0.39, 0.29) is 12.2 Å². The van der Waals surface area contributed by atoms with E-state index in [2.05, 4.69) is 0 Å². The van der Waals surface area contributed by atoms with Crippen molar-refractivity contribution in [2.45, 2.75) is 26.1 Å². The molecule has 6 heteroatoms. The third-order valence-electron chi connectivity index (χ3n) is 4.21. The molecule has 0 heterocycles.